The molecule has 1 aromatic carbocycles. The lowest BCUT2D eigenvalue weighted by Crippen LogP contribution is -2.61. The number of rotatable bonds is 9. The summed E-state index contributed by atoms with van der Waals surface area (Å²) < 4.78 is 23.3. The predicted molar refractivity (Wildman–Crippen MR) is 88.6 cm³/mol. The van der Waals surface area contributed by atoms with Gasteiger partial charge in [0.1, 0.15) is 18.5 Å². The fourth-order valence-electron chi connectivity index (χ4n) is 2.32. The molecular formula is C16H27NO4Si. The third kappa shape index (κ3) is 4.79. The van der Waals surface area contributed by atoms with E-state index in [1.807, 2.05) is 52.0 Å². The van der Waals surface area contributed by atoms with Crippen molar-refractivity contribution in [3.8, 4) is 5.75 Å². The first-order chi connectivity index (χ1) is 10.4. The van der Waals surface area contributed by atoms with E-state index >= 15 is 0 Å². The molecular weight excluding hydrogens is 298 g/mol. The lowest BCUT2D eigenvalue weighted by Gasteiger charge is -2.33. The zero-order valence-corrected chi connectivity index (χ0v) is 14.9. The number of hydrogen-bond acceptors (Lipinski definition) is 5. The Bertz CT molecular complexity index is 467. The molecule has 1 fully saturated rings. The topological polar surface area (TPSA) is 66.2 Å². The second-order valence-corrected chi connectivity index (χ2v) is 9.05. The molecule has 6 heteroatoms. The molecule has 1 heterocycles. The van der Waals surface area contributed by atoms with Crippen LogP contribution < -0.4 is 15.7 Å². The van der Waals surface area contributed by atoms with Crippen molar-refractivity contribution in [2.75, 3.05) is 19.4 Å². The second kappa shape index (κ2) is 7.57. The lowest BCUT2D eigenvalue weighted by molar-refractivity contribution is 0.116. The maximum absolute atomic E-state index is 6.19. The van der Waals surface area contributed by atoms with Gasteiger partial charge in [-0.05, 0) is 45.0 Å². The van der Waals surface area contributed by atoms with E-state index in [0.717, 1.165) is 17.5 Å². The van der Waals surface area contributed by atoms with Crippen LogP contribution >= 0.6 is 0 Å². The molecule has 1 unspecified atom stereocenters. The van der Waals surface area contributed by atoms with Crippen LogP contribution in [-0.4, -0.2) is 46.3 Å². The first-order valence-electron chi connectivity index (χ1n) is 7.86. The van der Waals surface area contributed by atoms with Crippen LogP contribution in [0.15, 0.2) is 24.3 Å². The molecule has 1 aliphatic heterocycles. The summed E-state index contributed by atoms with van der Waals surface area (Å²) in [4.78, 5) is 0. The van der Waals surface area contributed by atoms with E-state index in [1.54, 1.807) is 0 Å². The summed E-state index contributed by atoms with van der Waals surface area (Å²) in [6.07, 6.45) is 0.717. The maximum Gasteiger partial charge on any atom is 0.387 e. The van der Waals surface area contributed by atoms with Crippen LogP contribution in [-0.2, 0) is 13.6 Å². The van der Waals surface area contributed by atoms with Gasteiger partial charge in [-0.2, -0.15) is 0 Å². The monoisotopic (exact) mass is 325 g/mol. The van der Waals surface area contributed by atoms with Crippen molar-refractivity contribution < 1.29 is 18.3 Å². The smallest absolute Gasteiger partial charge is 0.387 e. The average Bonchev–Trinajstić information content (AvgIpc) is 3.28. The minimum Gasteiger partial charge on any atom is -0.491 e. The Morgan fingerprint density at radius 1 is 1.23 bits per heavy atom. The molecule has 2 rings (SSSR count). The predicted octanol–water partition coefficient (Wildman–Crippen LogP) is 1.46. The highest BCUT2D eigenvalue weighted by Gasteiger charge is 2.41. The number of nitrogens with two attached hydrogens (primary N) is 1. The van der Waals surface area contributed by atoms with Gasteiger partial charge in [-0.25, -0.2) is 0 Å². The molecule has 0 aliphatic carbocycles. The van der Waals surface area contributed by atoms with Crippen LogP contribution in [0.1, 0.15) is 27.7 Å². The number of benzene rings is 1. The van der Waals surface area contributed by atoms with Gasteiger partial charge in [-0.1, -0.05) is 12.1 Å². The van der Waals surface area contributed by atoms with Gasteiger partial charge in [-0.15, -0.1) is 0 Å². The summed E-state index contributed by atoms with van der Waals surface area (Å²) in [6.45, 7) is 9.39. The fraction of sp³-hybridized carbons (Fsp3) is 0.625. The van der Waals surface area contributed by atoms with Gasteiger partial charge in [0.2, 0.25) is 0 Å². The summed E-state index contributed by atoms with van der Waals surface area (Å²) in [7, 11) is -2.68. The van der Waals surface area contributed by atoms with Crippen molar-refractivity contribution in [3.63, 3.8) is 0 Å². The molecule has 1 aliphatic rings. The van der Waals surface area contributed by atoms with Crippen molar-refractivity contribution in [1.29, 1.82) is 0 Å². The molecule has 0 bridgehead atoms. The third-order valence-electron chi connectivity index (χ3n) is 3.23. The van der Waals surface area contributed by atoms with Gasteiger partial charge >= 0.3 is 8.56 Å². The molecule has 1 atom stereocenters. The number of epoxide rings is 1. The lowest BCUT2D eigenvalue weighted by atomic mass is 10.3. The fourth-order valence-corrected chi connectivity index (χ4v) is 5.31. The summed E-state index contributed by atoms with van der Waals surface area (Å²) >= 11 is 0. The molecule has 2 N–H and O–H groups in total. The third-order valence-corrected chi connectivity index (χ3v) is 6.67. The van der Waals surface area contributed by atoms with Gasteiger partial charge in [-0.3, -0.25) is 0 Å². The molecule has 0 radical (unpaired) electrons. The summed E-state index contributed by atoms with van der Waals surface area (Å²) in [6, 6.07) is 7.91. The van der Waals surface area contributed by atoms with Crippen LogP contribution in [0.4, 0.5) is 0 Å². The van der Waals surface area contributed by atoms with E-state index in [2.05, 4.69) is 0 Å². The summed E-state index contributed by atoms with van der Waals surface area (Å²) in [5.41, 5.74) is 6.07. The number of hydrogen-bond donors (Lipinski definition) is 1. The molecule has 22 heavy (non-hydrogen) atoms. The van der Waals surface area contributed by atoms with Crippen molar-refractivity contribution in [2.45, 2.75) is 46.0 Å². The van der Waals surface area contributed by atoms with E-state index in [1.165, 1.54) is 0 Å². The van der Waals surface area contributed by atoms with Gasteiger partial charge in [0.05, 0.1) is 6.61 Å². The molecule has 0 saturated carbocycles. The Labute approximate surface area is 133 Å². The second-order valence-electron chi connectivity index (χ2n) is 6.08. The van der Waals surface area contributed by atoms with Crippen molar-refractivity contribution in [3.05, 3.63) is 24.3 Å². The molecule has 0 amide bonds. The zero-order valence-electron chi connectivity index (χ0n) is 13.9. The van der Waals surface area contributed by atoms with Crippen molar-refractivity contribution in [2.24, 2.45) is 5.73 Å². The van der Waals surface area contributed by atoms with E-state index in [4.69, 9.17) is 24.1 Å². The first-order valence-corrected chi connectivity index (χ1v) is 9.88. The summed E-state index contributed by atoms with van der Waals surface area (Å²) in [5, 5.41) is 1.01. The Morgan fingerprint density at radius 2 is 1.86 bits per heavy atom. The van der Waals surface area contributed by atoms with Crippen LogP contribution in [0.25, 0.3) is 0 Å². The summed E-state index contributed by atoms with van der Waals surface area (Å²) in [5.74, 6) is 0.804. The highest BCUT2D eigenvalue weighted by molar-refractivity contribution is 6.81. The van der Waals surface area contributed by atoms with E-state index < -0.39 is 8.56 Å². The van der Waals surface area contributed by atoms with Crippen LogP contribution in [0.3, 0.4) is 0 Å². The molecule has 124 valence electrons. The largest absolute Gasteiger partial charge is 0.491 e. The first kappa shape index (κ1) is 17.4. The van der Waals surface area contributed by atoms with Gasteiger partial charge in [0.25, 0.3) is 0 Å². The molecule has 5 nitrogen and oxygen atoms in total. The van der Waals surface area contributed by atoms with Crippen molar-refractivity contribution in [1.82, 2.24) is 0 Å². The van der Waals surface area contributed by atoms with E-state index in [-0.39, 0.29) is 18.3 Å². The maximum atomic E-state index is 6.19. The van der Waals surface area contributed by atoms with E-state index in [0.29, 0.717) is 12.8 Å². The highest BCUT2D eigenvalue weighted by atomic mass is 28.4. The van der Waals surface area contributed by atoms with Crippen LogP contribution in [0.5, 0.6) is 5.75 Å². The molecule has 0 aromatic heterocycles. The van der Waals surface area contributed by atoms with Gasteiger partial charge < -0.3 is 24.1 Å². The quantitative estimate of drug-likeness (QED) is 0.550. The normalized spacial score (nSPS) is 18.0. The average molecular weight is 325 g/mol. The molecule has 1 saturated heterocycles. The standard InChI is InChI=1S/C16H27NO4Si/c1-12(2)20-22(11-17,21-13(3)4)16-7-5-6-14(8-16)18-9-15-10-19-15/h5-8,12-13,15H,9-11,17H2,1-4H3. The Kier molecular flexibility index (Phi) is 5.99. The minimum atomic E-state index is -2.68. The Morgan fingerprint density at radius 3 is 2.36 bits per heavy atom. The Hall–Kier alpha value is -0.923. The van der Waals surface area contributed by atoms with Gasteiger partial charge in [0, 0.05) is 18.4 Å². The van der Waals surface area contributed by atoms with E-state index in [9.17, 15) is 0 Å². The van der Waals surface area contributed by atoms with Crippen molar-refractivity contribution >= 4 is 13.7 Å². The molecule has 0 spiro atoms. The van der Waals surface area contributed by atoms with Crippen LogP contribution in [0, 0.1) is 0 Å². The zero-order chi connectivity index (χ0) is 16.2. The van der Waals surface area contributed by atoms with Gasteiger partial charge in [0.15, 0.2) is 0 Å². The SMILES string of the molecule is CC(C)O[Si](CN)(OC(C)C)c1cccc(OCC2CO2)c1. The molecule has 1 aromatic rings. The Balaban J connectivity index is 2.22. The minimum absolute atomic E-state index is 0.0541. The number of ether oxygens (including phenoxy) is 2. The van der Waals surface area contributed by atoms with Crippen LogP contribution in [0.2, 0.25) is 0 Å². The highest BCUT2D eigenvalue weighted by Crippen LogP contribution is 2.18.